The maximum atomic E-state index is 13.6. The molecule has 0 aliphatic carbocycles. The Labute approximate surface area is 172 Å². The molecule has 2 fully saturated rings. The third-order valence-corrected chi connectivity index (χ3v) is 7.76. The molecule has 2 aliphatic rings. The summed E-state index contributed by atoms with van der Waals surface area (Å²) in [5.41, 5.74) is 1.04. The van der Waals surface area contributed by atoms with Crippen LogP contribution in [-0.2, 0) is 30.7 Å². The zero-order valence-electron chi connectivity index (χ0n) is 16.9. The first-order valence-corrected chi connectivity index (χ1v) is 11.4. The third kappa shape index (κ3) is 4.11. The summed E-state index contributed by atoms with van der Waals surface area (Å²) >= 11 is 0. The zero-order valence-corrected chi connectivity index (χ0v) is 17.7. The minimum Gasteiger partial charge on any atom is -0.348 e. The summed E-state index contributed by atoms with van der Waals surface area (Å²) in [6.45, 7) is 6.28. The van der Waals surface area contributed by atoms with Gasteiger partial charge in [0, 0.05) is 6.54 Å². The normalized spacial score (nSPS) is 29.9. The van der Waals surface area contributed by atoms with Crippen LogP contribution in [0.5, 0.6) is 0 Å². The molecule has 2 aliphatic heterocycles. The molecule has 4 atom stereocenters. The van der Waals surface area contributed by atoms with Gasteiger partial charge >= 0.3 is 0 Å². The van der Waals surface area contributed by atoms with Crippen molar-refractivity contribution in [3.63, 3.8) is 0 Å². The molecular formula is C22H27NO5S. The highest BCUT2D eigenvalue weighted by atomic mass is 32.2. The number of nitrogens with zero attached hydrogens (tertiary/aromatic N) is 1. The predicted octanol–water partition coefficient (Wildman–Crippen LogP) is 3.18. The molecular weight excluding hydrogens is 390 g/mol. The van der Waals surface area contributed by atoms with Crippen molar-refractivity contribution in [1.82, 2.24) is 5.06 Å². The fourth-order valence-corrected chi connectivity index (χ4v) is 6.26. The summed E-state index contributed by atoms with van der Waals surface area (Å²) in [5, 5.41) is 0.997. The highest BCUT2D eigenvalue weighted by molar-refractivity contribution is 7.92. The van der Waals surface area contributed by atoms with Crippen molar-refractivity contribution in [3.8, 4) is 0 Å². The van der Waals surface area contributed by atoms with E-state index in [0.29, 0.717) is 18.0 Å². The largest absolute Gasteiger partial charge is 0.348 e. The lowest BCUT2D eigenvalue weighted by Gasteiger charge is -2.30. The monoisotopic (exact) mass is 417 g/mol. The first kappa shape index (κ1) is 20.5. The molecule has 156 valence electrons. The Morgan fingerprint density at radius 1 is 1.03 bits per heavy atom. The average molecular weight is 418 g/mol. The van der Waals surface area contributed by atoms with Gasteiger partial charge < -0.3 is 9.47 Å². The van der Waals surface area contributed by atoms with Crippen molar-refractivity contribution in [2.45, 2.75) is 61.5 Å². The number of ether oxygens (including phenoxy) is 2. The van der Waals surface area contributed by atoms with E-state index in [1.54, 1.807) is 29.3 Å². The number of sulfone groups is 1. The van der Waals surface area contributed by atoms with E-state index in [-0.39, 0.29) is 0 Å². The number of hydrogen-bond acceptors (Lipinski definition) is 6. The summed E-state index contributed by atoms with van der Waals surface area (Å²) in [5.74, 6) is -0.754. The standard InChI is InChI=1S/C22H27NO5S/c1-16-21(29(24,25)18-12-8-5-9-13-18)20(19-15-26-22(2,3)27-19)23(28-16)14-17-10-6-4-7-11-17/h4-13,16,19-21H,14-15H2,1-3H3/t16-,19-,20+,21-/m1/s1. The Morgan fingerprint density at radius 3 is 2.24 bits per heavy atom. The van der Waals surface area contributed by atoms with Crippen LogP contribution in [0.15, 0.2) is 65.6 Å². The van der Waals surface area contributed by atoms with Crippen LogP contribution < -0.4 is 0 Å². The van der Waals surface area contributed by atoms with Crippen LogP contribution in [0.1, 0.15) is 26.3 Å². The fraction of sp³-hybridized carbons (Fsp3) is 0.455. The molecule has 0 unspecified atom stereocenters. The lowest BCUT2D eigenvalue weighted by molar-refractivity contribution is -0.193. The number of rotatable bonds is 5. The van der Waals surface area contributed by atoms with Crippen LogP contribution >= 0.6 is 0 Å². The molecule has 6 nitrogen and oxygen atoms in total. The van der Waals surface area contributed by atoms with Gasteiger partial charge in [0.2, 0.25) is 0 Å². The van der Waals surface area contributed by atoms with Gasteiger partial charge in [-0.2, -0.15) is 5.06 Å². The van der Waals surface area contributed by atoms with E-state index in [2.05, 4.69) is 0 Å². The van der Waals surface area contributed by atoms with Crippen LogP contribution in [0.25, 0.3) is 0 Å². The molecule has 4 rings (SSSR count). The van der Waals surface area contributed by atoms with E-state index >= 15 is 0 Å². The van der Waals surface area contributed by atoms with Gasteiger partial charge in [0.1, 0.15) is 11.4 Å². The molecule has 0 aromatic heterocycles. The summed E-state index contributed by atoms with van der Waals surface area (Å²) < 4.78 is 39.0. The smallest absolute Gasteiger partial charge is 0.185 e. The number of hydrogen-bond donors (Lipinski definition) is 0. The Bertz CT molecular complexity index is 932. The minimum absolute atomic E-state index is 0.296. The van der Waals surface area contributed by atoms with Gasteiger partial charge in [-0.3, -0.25) is 4.84 Å². The molecule has 29 heavy (non-hydrogen) atoms. The maximum Gasteiger partial charge on any atom is 0.185 e. The summed E-state index contributed by atoms with van der Waals surface area (Å²) in [6.07, 6.45) is -0.927. The van der Waals surface area contributed by atoms with Crippen LogP contribution in [0.4, 0.5) is 0 Å². The first-order valence-electron chi connectivity index (χ1n) is 9.86. The van der Waals surface area contributed by atoms with Crippen LogP contribution in [-0.4, -0.2) is 49.4 Å². The quantitative estimate of drug-likeness (QED) is 0.745. The van der Waals surface area contributed by atoms with E-state index < -0.39 is 39.1 Å². The Morgan fingerprint density at radius 2 is 1.66 bits per heavy atom. The number of benzene rings is 2. The topological polar surface area (TPSA) is 65.1 Å². The zero-order chi connectivity index (χ0) is 20.6. The van der Waals surface area contributed by atoms with E-state index in [0.717, 1.165) is 5.56 Å². The fourth-order valence-electron chi connectivity index (χ4n) is 4.18. The summed E-state index contributed by atoms with van der Waals surface area (Å²) in [7, 11) is -3.64. The van der Waals surface area contributed by atoms with E-state index in [9.17, 15) is 8.42 Å². The average Bonchev–Trinajstić information content (AvgIpc) is 3.22. The molecule has 2 heterocycles. The molecule has 7 heteroatoms. The molecule has 0 amide bonds. The van der Waals surface area contributed by atoms with Gasteiger partial charge in [0.25, 0.3) is 0 Å². The van der Waals surface area contributed by atoms with Crippen molar-refractivity contribution in [1.29, 1.82) is 0 Å². The van der Waals surface area contributed by atoms with Gasteiger partial charge in [-0.1, -0.05) is 48.5 Å². The first-order chi connectivity index (χ1) is 13.8. The van der Waals surface area contributed by atoms with Crippen molar-refractivity contribution in [3.05, 3.63) is 66.2 Å². The second-order valence-corrected chi connectivity index (χ2v) is 10.2. The molecule has 2 aromatic carbocycles. The predicted molar refractivity (Wildman–Crippen MR) is 109 cm³/mol. The van der Waals surface area contributed by atoms with E-state index in [4.69, 9.17) is 14.3 Å². The highest BCUT2D eigenvalue weighted by Gasteiger charge is 2.55. The second kappa shape index (κ2) is 7.81. The highest BCUT2D eigenvalue weighted by Crippen LogP contribution is 2.38. The second-order valence-electron chi connectivity index (χ2n) is 8.05. The van der Waals surface area contributed by atoms with E-state index in [1.165, 1.54) is 0 Å². The molecule has 0 N–H and O–H groups in total. The Hall–Kier alpha value is -1.77. The van der Waals surface area contributed by atoms with Crippen LogP contribution in [0, 0.1) is 0 Å². The van der Waals surface area contributed by atoms with Gasteiger partial charge in [-0.15, -0.1) is 0 Å². The van der Waals surface area contributed by atoms with Crippen molar-refractivity contribution in [2.75, 3.05) is 6.61 Å². The van der Waals surface area contributed by atoms with Gasteiger partial charge in [0.05, 0.1) is 23.6 Å². The molecule has 0 spiro atoms. The third-order valence-electron chi connectivity index (χ3n) is 5.46. The Kier molecular flexibility index (Phi) is 5.52. The van der Waals surface area contributed by atoms with Crippen molar-refractivity contribution >= 4 is 9.84 Å². The van der Waals surface area contributed by atoms with Crippen molar-refractivity contribution in [2.24, 2.45) is 0 Å². The Balaban J connectivity index is 1.71. The molecule has 2 saturated heterocycles. The van der Waals surface area contributed by atoms with Gasteiger partial charge in [0.15, 0.2) is 15.6 Å². The summed E-state index contributed by atoms with van der Waals surface area (Å²) in [6, 6.07) is 17.9. The van der Waals surface area contributed by atoms with Gasteiger partial charge in [-0.25, -0.2) is 8.42 Å². The SMILES string of the molecule is C[C@H]1ON(Cc2ccccc2)[C@@H]([C@H]2COC(C)(C)O2)[C@@H]1S(=O)(=O)c1ccccc1. The van der Waals surface area contributed by atoms with Crippen LogP contribution in [0.3, 0.4) is 0 Å². The lowest BCUT2D eigenvalue weighted by Crippen LogP contribution is -2.49. The van der Waals surface area contributed by atoms with Crippen LogP contribution in [0.2, 0.25) is 0 Å². The van der Waals surface area contributed by atoms with E-state index in [1.807, 2.05) is 57.2 Å². The molecule has 0 saturated carbocycles. The molecule has 2 aromatic rings. The van der Waals surface area contributed by atoms with Crippen molar-refractivity contribution < 1.29 is 22.7 Å². The summed E-state index contributed by atoms with van der Waals surface area (Å²) in [4.78, 5) is 6.39. The minimum atomic E-state index is -3.64. The number of hydroxylamine groups is 2. The maximum absolute atomic E-state index is 13.6. The lowest BCUT2D eigenvalue weighted by atomic mass is 10.0. The molecule has 0 bridgehead atoms. The molecule has 0 radical (unpaired) electrons. The van der Waals surface area contributed by atoms with Gasteiger partial charge in [-0.05, 0) is 38.5 Å².